The van der Waals surface area contributed by atoms with Crippen LogP contribution in [0.3, 0.4) is 0 Å². The van der Waals surface area contributed by atoms with Gasteiger partial charge in [0, 0.05) is 18.8 Å². The highest BCUT2D eigenvalue weighted by Crippen LogP contribution is 2.35. The van der Waals surface area contributed by atoms with Crippen molar-refractivity contribution in [1.82, 2.24) is 0 Å². The highest BCUT2D eigenvalue weighted by atomic mass is 16.5. The Morgan fingerprint density at radius 2 is 2.19 bits per heavy atom. The van der Waals surface area contributed by atoms with Crippen LogP contribution in [0.5, 0.6) is 0 Å². The SMILES string of the molecule is CCCCC[C@H]1C(=O)CC[C@H]1CC(=O)OC. The van der Waals surface area contributed by atoms with Crippen LogP contribution < -0.4 is 0 Å². The first-order chi connectivity index (χ1) is 7.69. The van der Waals surface area contributed by atoms with E-state index >= 15 is 0 Å². The van der Waals surface area contributed by atoms with Gasteiger partial charge in [0.15, 0.2) is 0 Å². The molecule has 92 valence electrons. The molecule has 0 aromatic heterocycles. The zero-order valence-corrected chi connectivity index (χ0v) is 10.3. The fourth-order valence-corrected chi connectivity index (χ4v) is 2.53. The molecule has 0 spiro atoms. The largest absolute Gasteiger partial charge is 0.469 e. The van der Waals surface area contributed by atoms with Crippen molar-refractivity contribution in [3.05, 3.63) is 0 Å². The third kappa shape index (κ3) is 3.62. The maximum absolute atomic E-state index is 11.7. The molecule has 0 unspecified atom stereocenters. The maximum atomic E-state index is 11.7. The maximum Gasteiger partial charge on any atom is 0.305 e. The predicted octanol–water partition coefficient (Wildman–Crippen LogP) is 2.73. The average Bonchev–Trinajstić information content (AvgIpc) is 2.61. The number of unbranched alkanes of at least 4 members (excludes halogenated alkanes) is 2. The Labute approximate surface area is 97.5 Å². The first-order valence-electron chi connectivity index (χ1n) is 6.28. The molecule has 1 fully saturated rings. The minimum Gasteiger partial charge on any atom is -0.469 e. The monoisotopic (exact) mass is 226 g/mol. The van der Waals surface area contributed by atoms with Crippen molar-refractivity contribution in [3.8, 4) is 0 Å². The summed E-state index contributed by atoms with van der Waals surface area (Å²) in [5.41, 5.74) is 0. The van der Waals surface area contributed by atoms with Crippen LogP contribution in [0, 0.1) is 11.8 Å². The van der Waals surface area contributed by atoms with Gasteiger partial charge in [0.25, 0.3) is 0 Å². The minimum absolute atomic E-state index is 0.116. The lowest BCUT2D eigenvalue weighted by Crippen LogP contribution is -2.18. The minimum atomic E-state index is -0.180. The van der Waals surface area contributed by atoms with Gasteiger partial charge in [0.1, 0.15) is 5.78 Å². The molecule has 0 heterocycles. The summed E-state index contributed by atoms with van der Waals surface area (Å²) in [7, 11) is 1.41. The van der Waals surface area contributed by atoms with Gasteiger partial charge >= 0.3 is 5.97 Å². The van der Waals surface area contributed by atoms with Crippen molar-refractivity contribution in [2.24, 2.45) is 11.8 Å². The molecule has 0 saturated heterocycles. The van der Waals surface area contributed by atoms with E-state index in [1.807, 2.05) is 0 Å². The molecule has 1 aliphatic carbocycles. The third-order valence-corrected chi connectivity index (χ3v) is 3.52. The summed E-state index contributed by atoms with van der Waals surface area (Å²) in [5.74, 6) is 0.521. The van der Waals surface area contributed by atoms with Gasteiger partial charge in [-0.15, -0.1) is 0 Å². The lowest BCUT2D eigenvalue weighted by atomic mass is 9.88. The van der Waals surface area contributed by atoms with Gasteiger partial charge in [-0.05, 0) is 18.8 Å². The summed E-state index contributed by atoms with van der Waals surface area (Å²) < 4.78 is 4.67. The van der Waals surface area contributed by atoms with Gasteiger partial charge in [0.2, 0.25) is 0 Å². The molecule has 2 atom stereocenters. The predicted molar refractivity (Wildman–Crippen MR) is 62.0 cm³/mol. The first kappa shape index (κ1) is 13.2. The Balaban J connectivity index is 2.42. The second-order valence-corrected chi connectivity index (χ2v) is 4.65. The van der Waals surface area contributed by atoms with Crippen molar-refractivity contribution in [1.29, 1.82) is 0 Å². The Hall–Kier alpha value is -0.860. The Bertz CT molecular complexity index is 248. The van der Waals surface area contributed by atoms with Crippen LogP contribution in [0.1, 0.15) is 51.9 Å². The molecule has 1 rings (SSSR count). The van der Waals surface area contributed by atoms with Gasteiger partial charge in [-0.2, -0.15) is 0 Å². The van der Waals surface area contributed by atoms with E-state index in [-0.39, 0.29) is 17.8 Å². The van der Waals surface area contributed by atoms with Crippen LogP contribution in [-0.4, -0.2) is 18.9 Å². The van der Waals surface area contributed by atoms with E-state index in [0.717, 1.165) is 19.3 Å². The third-order valence-electron chi connectivity index (χ3n) is 3.52. The highest BCUT2D eigenvalue weighted by Gasteiger charge is 2.35. The molecule has 3 heteroatoms. The molecule has 0 aliphatic heterocycles. The van der Waals surface area contributed by atoms with E-state index in [9.17, 15) is 9.59 Å². The molecule has 1 aliphatic rings. The van der Waals surface area contributed by atoms with Gasteiger partial charge in [-0.1, -0.05) is 26.2 Å². The van der Waals surface area contributed by atoms with Gasteiger partial charge in [-0.25, -0.2) is 0 Å². The fourth-order valence-electron chi connectivity index (χ4n) is 2.53. The normalized spacial score (nSPS) is 24.8. The number of hydrogen-bond donors (Lipinski definition) is 0. The number of ether oxygens (including phenoxy) is 1. The molecule has 3 nitrogen and oxygen atoms in total. The molecule has 1 saturated carbocycles. The lowest BCUT2D eigenvalue weighted by Gasteiger charge is -2.16. The van der Waals surface area contributed by atoms with Crippen LogP contribution in [-0.2, 0) is 14.3 Å². The molecule has 0 aromatic carbocycles. The summed E-state index contributed by atoms with van der Waals surface area (Å²) in [6.07, 6.45) is 6.33. The quantitative estimate of drug-likeness (QED) is 0.516. The Morgan fingerprint density at radius 3 is 2.81 bits per heavy atom. The van der Waals surface area contributed by atoms with Crippen LogP contribution in [0.4, 0.5) is 0 Å². The van der Waals surface area contributed by atoms with Crippen molar-refractivity contribution >= 4 is 11.8 Å². The van der Waals surface area contributed by atoms with Gasteiger partial charge in [-0.3, -0.25) is 9.59 Å². The van der Waals surface area contributed by atoms with Crippen molar-refractivity contribution in [2.45, 2.75) is 51.9 Å². The smallest absolute Gasteiger partial charge is 0.305 e. The Morgan fingerprint density at radius 1 is 1.44 bits per heavy atom. The zero-order chi connectivity index (χ0) is 12.0. The van der Waals surface area contributed by atoms with Crippen LogP contribution >= 0.6 is 0 Å². The average molecular weight is 226 g/mol. The van der Waals surface area contributed by atoms with E-state index in [4.69, 9.17) is 0 Å². The zero-order valence-electron chi connectivity index (χ0n) is 10.3. The summed E-state index contributed by atoms with van der Waals surface area (Å²) in [4.78, 5) is 22.9. The van der Waals surface area contributed by atoms with Gasteiger partial charge in [0.05, 0.1) is 7.11 Å². The lowest BCUT2D eigenvalue weighted by molar-refractivity contribution is -0.142. The molecule has 0 N–H and O–H groups in total. The summed E-state index contributed by atoms with van der Waals surface area (Å²) >= 11 is 0. The van der Waals surface area contributed by atoms with E-state index in [2.05, 4.69) is 11.7 Å². The Kier molecular flexibility index (Phi) is 5.50. The molecule has 0 amide bonds. The van der Waals surface area contributed by atoms with Crippen molar-refractivity contribution in [3.63, 3.8) is 0 Å². The second-order valence-electron chi connectivity index (χ2n) is 4.65. The number of carbonyl (C=O) groups is 2. The van der Waals surface area contributed by atoms with E-state index < -0.39 is 0 Å². The van der Waals surface area contributed by atoms with Crippen molar-refractivity contribution < 1.29 is 14.3 Å². The second kappa shape index (κ2) is 6.66. The number of methoxy groups -OCH3 is 1. The number of rotatable bonds is 6. The number of Topliss-reactive ketones (excluding diaryl/α,β-unsaturated/α-hetero) is 1. The van der Waals surface area contributed by atoms with Crippen molar-refractivity contribution in [2.75, 3.05) is 7.11 Å². The molecule has 0 bridgehead atoms. The fraction of sp³-hybridized carbons (Fsp3) is 0.846. The molecular formula is C13H22O3. The van der Waals surface area contributed by atoms with Crippen LogP contribution in [0.15, 0.2) is 0 Å². The topological polar surface area (TPSA) is 43.4 Å². The summed E-state index contributed by atoms with van der Waals surface area (Å²) in [6.45, 7) is 2.16. The van der Waals surface area contributed by atoms with Crippen LogP contribution in [0.2, 0.25) is 0 Å². The van der Waals surface area contributed by atoms with E-state index in [1.165, 1.54) is 20.0 Å². The molecule has 0 radical (unpaired) electrons. The number of hydrogen-bond acceptors (Lipinski definition) is 3. The molecule has 16 heavy (non-hydrogen) atoms. The highest BCUT2D eigenvalue weighted by molar-refractivity contribution is 5.84. The number of esters is 1. The number of ketones is 1. The number of carbonyl (C=O) groups excluding carboxylic acids is 2. The first-order valence-corrected chi connectivity index (χ1v) is 6.28. The van der Waals surface area contributed by atoms with Crippen LogP contribution in [0.25, 0.3) is 0 Å². The molecule has 0 aromatic rings. The van der Waals surface area contributed by atoms with E-state index in [0.29, 0.717) is 18.6 Å². The summed E-state index contributed by atoms with van der Waals surface area (Å²) in [6, 6.07) is 0. The van der Waals surface area contributed by atoms with E-state index in [1.54, 1.807) is 0 Å². The standard InChI is InChI=1S/C13H22O3/c1-3-4-5-6-11-10(7-8-12(11)14)9-13(15)16-2/h10-11H,3-9H2,1-2H3/t10-,11+/m0/s1. The van der Waals surface area contributed by atoms with Gasteiger partial charge < -0.3 is 4.74 Å². The summed E-state index contributed by atoms with van der Waals surface area (Å²) in [5, 5.41) is 0. The molecular weight excluding hydrogens is 204 g/mol.